The number of thiophene rings is 1. The Balaban J connectivity index is 1.66. The first-order valence-electron chi connectivity index (χ1n) is 8.79. The number of hydrogen-bond donors (Lipinski definition) is 0. The van der Waals surface area contributed by atoms with Crippen LogP contribution >= 0.6 is 11.3 Å². The summed E-state index contributed by atoms with van der Waals surface area (Å²) >= 11 is 1.75. The third-order valence-electron chi connectivity index (χ3n) is 4.65. The van der Waals surface area contributed by atoms with Gasteiger partial charge in [0.25, 0.3) is 0 Å². The molecule has 0 bridgehead atoms. The van der Waals surface area contributed by atoms with Crippen LogP contribution in [0.15, 0.2) is 41.8 Å². The van der Waals surface area contributed by atoms with E-state index in [1.165, 1.54) is 4.88 Å². The van der Waals surface area contributed by atoms with Crippen molar-refractivity contribution in [3.05, 3.63) is 52.2 Å². The van der Waals surface area contributed by atoms with Gasteiger partial charge in [0.2, 0.25) is 5.91 Å². The lowest BCUT2D eigenvalue weighted by molar-refractivity contribution is -0.134. The largest absolute Gasteiger partial charge is 0.497 e. The van der Waals surface area contributed by atoms with E-state index in [1.54, 1.807) is 18.4 Å². The summed E-state index contributed by atoms with van der Waals surface area (Å²) in [6.45, 7) is 2.27. The van der Waals surface area contributed by atoms with Gasteiger partial charge >= 0.3 is 0 Å². The Hall–Kier alpha value is -1.85. The standard InChI is InChI=1S/C20H25NO3S/c1-23-18-6-4-16(5-7-18)15-20(22)21(17-9-12-24-13-10-17)11-8-19-3-2-14-25-19/h2-7,14,17H,8-13,15H2,1H3. The van der Waals surface area contributed by atoms with Crippen LogP contribution in [0.4, 0.5) is 0 Å². The lowest BCUT2D eigenvalue weighted by Gasteiger charge is -2.34. The van der Waals surface area contributed by atoms with Gasteiger partial charge in [0, 0.05) is 30.7 Å². The second kappa shape index (κ2) is 9.02. The van der Waals surface area contributed by atoms with Gasteiger partial charge in [-0.1, -0.05) is 18.2 Å². The van der Waals surface area contributed by atoms with Gasteiger partial charge in [-0.2, -0.15) is 0 Å². The van der Waals surface area contributed by atoms with Gasteiger partial charge in [-0.25, -0.2) is 0 Å². The molecule has 0 N–H and O–H groups in total. The fourth-order valence-electron chi connectivity index (χ4n) is 3.21. The second-order valence-electron chi connectivity index (χ2n) is 6.28. The summed E-state index contributed by atoms with van der Waals surface area (Å²) in [5.41, 5.74) is 1.03. The van der Waals surface area contributed by atoms with E-state index in [0.29, 0.717) is 12.5 Å². The van der Waals surface area contributed by atoms with Gasteiger partial charge in [0.05, 0.1) is 13.5 Å². The van der Waals surface area contributed by atoms with Gasteiger partial charge in [-0.15, -0.1) is 11.3 Å². The normalized spacial score (nSPS) is 15.1. The van der Waals surface area contributed by atoms with E-state index >= 15 is 0 Å². The number of carbonyl (C=O) groups excluding carboxylic acids is 1. The van der Waals surface area contributed by atoms with Crippen LogP contribution in [0.2, 0.25) is 0 Å². The highest BCUT2D eigenvalue weighted by Crippen LogP contribution is 2.19. The Bertz CT molecular complexity index is 648. The summed E-state index contributed by atoms with van der Waals surface area (Å²) in [6, 6.07) is 12.3. The zero-order valence-electron chi connectivity index (χ0n) is 14.6. The van der Waals surface area contributed by atoms with Crippen LogP contribution in [0.3, 0.4) is 0 Å². The number of hydrogen-bond acceptors (Lipinski definition) is 4. The van der Waals surface area contributed by atoms with Gasteiger partial charge < -0.3 is 14.4 Å². The zero-order valence-corrected chi connectivity index (χ0v) is 15.5. The van der Waals surface area contributed by atoms with Crippen LogP contribution in [0.25, 0.3) is 0 Å². The molecular weight excluding hydrogens is 334 g/mol. The van der Waals surface area contributed by atoms with E-state index in [-0.39, 0.29) is 5.91 Å². The lowest BCUT2D eigenvalue weighted by Crippen LogP contribution is -2.45. The first kappa shape index (κ1) is 18.0. The Morgan fingerprint density at radius 1 is 1.24 bits per heavy atom. The van der Waals surface area contributed by atoms with E-state index in [2.05, 4.69) is 22.4 Å². The number of amides is 1. The van der Waals surface area contributed by atoms with E-state index in [1.807, 2.05) is 24.3 Å². The average Bonchev–Trinajstić information content (AvgIpc) is 3.17. The molecule has 2 aromatic rings. The smallest absolute Gasteiger partial charge is 0.227 e. The lowest BCUT2D eigenvalue weighted by atomic mass is 10.0. The van der Waals surface area contributed by atoms with Crippen molar-refractivity contribution in [3.63, 3.8) is 0 Å². The Kier molecular flexibility index (Phi) is 6.48. The van der Waals surface area contributed by atoms with Gasteiger partial charge in [0.15, 0.2) is 0 Å². The number of methoxy groups -OCH3 is 1. The van der Waals surface area contributed by atoms with Crippen LogP contribution in [-0.2, 0) is 22.4 Å². The summed E-state index contributed by atoms with van der Waals surface area (Å²) in [5.74, 6) is 1.02. The molecule has 1 aliphatic rings. The second-order valence-corrected chi connectivity index (χ2v) is 7.32. The maximum Gasteiger partial charge on any atom is 0.227 e. The maximum absolute atomic E-state index is 13.0. The molecule has 1 aliphatic heterocycles. The molecule has 0 saturated carbocycles. The molecule has 1 aromatic heterocycles. The quantitative estimate of drug-likeness (QED) is 0.759. The zero-order chi connectivity index (χ0) is 17.5. The highest BCUT2D eigenvalue weighted by atomic mass is 32.1. The van der Waals surface area contributed by atoms with Gasteiger partial charge in [0.1, 0.15) is 5.75 Å². The van der Waals surface area contributed by atoms with Crippen molar-refractivity contribution in [3.8, 4) is 5.75 Å². The molecule has 5 heteroatoms. The fourth-order valence-corrected chi connectivity index (χ4v) is 3.91. The molecule has 0 unspecified atom stereocenters. The highest BCUT2D eigenvalue weighted by Gasteiger charge is 2.25. The van der Waals surface area contributed by atoms with Crippen molar-refractivity contribution in [1.29, 1.82) is 0 Å². The summed E-state index contributed by atoms with van der Waals surface area (Å²) in [6.07, 6.45) is 3.22. The molecule has 3 rings (SSSR count). The Morgan fingerprint density at radius 2 is 2.00 bits per heavy atom. The van der Waals surface area contributed by atoms with Crippen LogP contribution in [0, 0.1) is 0 Å². The number of carbonyl (C=O) groups is 1. The van der Waals surface area contributed by atoms with Crippen molar-refractivity contribution < 1.29 is 14.3 Å². The van der Waals surface area contributed by atoms with Crippen LogP contribution in [0.5, 0.6) is 5.75 Å². The SMILES string of the molecule is COc1ccc(CC(=O)N(CCc2cccs2)C2CCOCC2)cc1. The van der Waals surface area contributed by atoms with E-state index in [0.717, 1.165) is 50.3 Å². The molecule has 2 heterocycles. The molecule has 134 valence electrons. The maximum atomic E-state index is 13.0. The highest BCUT2D eigenvalue weighted by molar-refractivity contribution is 7.09. The molecule has 4 nitrogen and oxygen atoms in total. The predicted octanol–water partition coefficient (Wildman–Crippen LogP) is 3.55. The van der Waals surface area contributed by atoms with Crippen LogP contribution in [-0.4, -0.2) is 43.7 Å². The van der Waals surface area contributed by atoms with E-state index in [4.69, 9.17) is 9.47 Å². The monoisotopic (exact) mass is 359 g/mol. The average molecular weight is 359 g/mol. The Morgan fingerprint density at radius 3 is 2.64 bits per heavy atom. The number of nitrogens with zero attached hydrogens (tertiary/aromatic N) is 1. The molecule has 0 radical (unpaired) electrons. The van der Waals surface area contributed by atoms with Gasteiger partial charge in [-0.05, 0) is 48.4 Å². The minimum Gasteiger partial charge on any atom is -0.497 e. The van der Waals surface area contributed by atoms with Crippen molar-refractivity contribution >= 4 is 17.2 Å². The molecule has 0 spiro atoms. The molecule has 25 heavy (non-hydrogen) atoms. The van der Waals surface area contributed by atoms with Crippen LogP contribution in [0.1, 0.15) is 23.3 Å². The van der Waals surface area contributed by atoms with Crippen molar-refractivity contribution in [2.24, 2.45) is 0 Å². The minimum absolute atomic E-state index is 0.202. The number of ether oxygens (including phenoxy) is 2. The number of benzene rings is 1. The summed E-state index contributed by atoms with van der Waals surface area (Å²) in [5, 5.41) is 2.09. The summed E-state index contributed by atoms with van der Waals surface area (Å²) in [4.78, 5) is 16.4. The number of rotatable bonds is 7. The molecule has 1 amide bonds. The summed E-state index contributed by atoms with van der Waals surface area (Å²) < 4.78 is 10.7. The predicted molar refractivity (Wildman–Crippen MR) is 100 cm³/mol. The minimum atomic E-state index is 0.202. The van der Waals surface area contributed by atoms with Crippen LogP contribution < -0.4 is 4.74 Å². The van der Waals surface area contributed by atoms with Crippen molar-refractivity contribution in [2.75, 3.05) is 26.9 Å². The molecule has 1 aromatic carbocycles. The van der Waals surface area contributed by atoms with E-state index < -0.39 is 0 Å². The van der Waals surface area contributed by atoms with Crippen molar-refractivity contribution in [2.45, 2.75) is 31.7 Å². The topological polar surface area (TPSA) is 38.8 Å². The van der Waals surface area contributed by atoms with E-state index in [9.17, 15) is 4.79 Å². The first-order valence-corrected chi connectivity index (χ1v) is 9.67. The molecular formula is C20H25NO3S. The van der Waals surface area contributed by atoms with Gasteiger partial charge in [-0.3, -0.25) is 4.79 Å². The molecule has 0 aliphatic carbocycles. The third-order valence-corrected chi connectivity index (χ3v) is 5.58. The molecule has 1 fully saturated rings. The molecule has 0 atom stereocenters. The summed E-state index contributed by atoms with van der Waals surface area (Å²) in [7, 11) is 1.65. The first-order chi connectivity index (χ1) is 12.3. The Labute approximate surface area is 153 Å². The van der Waals surface area contributed by atoms with Crippen molar-refractivity contribution in [1.82, 2.24) is 4.90 Å². The third kappa shape index (κ3) is 5.06. The fraction of sp³-hybridized carbons (Fsp3) is 0.450. The molecule has 1 saturated heterocycles.